The van der Waals surface area contributed by atoms with E-state index in [0.717, 1.165) is 11.1 Å². The monoisotopic (exact) mass is 580 g/mol. The Bertz CT molecular complexity index is 1150. The molecule has 3 amide bonds. The normalized spacial score (nSPS) is 12.7. The van der Waals surface area contributed by atoms with E-state index in [0.29, 0.717) is 25.9 Å². The van der Waals surface area contributed by atoms with Gasteiger partial charge in [-0.25, -0.2) is 4.79 Å². The Morgan fingerprint density at radius 1 is 0.905 bits per heavy atom. The lowest BCUT2D eigenvalue weighted by Gasteiger charge is -2.25. The molecule has 0 aliphatic rings. The number of alkyl carbamates (subject to hydrolysis) is 1. The summed E-state index contributed by atoms with van der Waals surface area (Å²) >= 11 is 0. The summed E-state index contributed by atoms with van der Waals surface area (Å²) < 4.78 is 10.6. The standard InChI is InChI=1S/C32H44N4O6/c1-5-34-28(37)19-18-26(21-24-13-8-6-9-14-24)35-30(39)27(36-31(40)42-32(2,3)4)17-12-20-33-22-29(38)41-23-25-15-10-7-11-16-25/h6-11,13-16,18-19,26-27,33H,5,12,17,20-23H2,1-4H3,(H,34,37)(H,35,39)(H,36,40)/b19-18+. The minimum Gasteiger partial charge on any atom is -0.460 e. The van der Waals surface area contributed by atoms with Gasteiger partial charge in [-0.15, -0.1) is 0 Å². The van der Waals surface area contributed by atoms with E-state index in [1.54, 1.807) is 26.8 Å². The topological polar surface area (TPSA) is 135 Å². The summed E-state index contributed by atoms with van der Waals surface area (Å²) in [5, 5.41) is 11.3. The summed E-state index contributed by atoms with van der Waals surface area (Å²) in [4.78, 5) is 50.0. The van der Waals surface area contributed by atoms with E-state index in [4.69, 9.17) is 9.47 Å². The molecule has 0 saturated heterocycles. The van der Waals surface area contributed by atoms with Gasteiger partial charge >= 0.3 is 12.1 Å². The van der Waals surface area contributed by atoms with Crippen molar-refractivity contribution in [1.29, 1.82) is 0 Å². The maximum absolute atomic E-state index is 13.4. The lowest BCUT2D eigenvalue weighted by Crippen LogP contribution is -2.51. The van der Waals surface area contributed by atoms with E-state index < -0.39 is 29.7 Å². The van der Waals surface area contributed by atoms with Crippen molar-refractivity contribution in [2.45, 2.75) is 71.2 Å². The van der Waals surface area contributed by atoms with Crippen molar-refractivity contribution in [2.75, 3.05) is 19.6 Å². The van der Waals surface area contributed by atoms with E-state index in [1.165, 1.54) is 6.08 Å². The molecule has 2 atom stereocenters. The first-order valence-electron chi connectivity index (χ1n) is 14.3. The fourth-order valence-electron chi connectivity index (χ4n) is 3.88. The van der Waals surface area contributed by atoms with Gasteiger partial charge in [0.05, 0.1) is 12.6 Å². The van der Waals surface area contributed by atoms with Crippen LogP contribution in [0.25, 0.3) is 0 Å². The Hall–Kier alpha value is -4.18. The molecule has 0 aliphatic heterocycles. The molecule has 0 aliphatic carbocycles. The zero-order chi connectivity index (χ0) is 30.8. The molecule has 4 N–H and O–H groups in total. The first-order valence-corrected chi connectivity index (χ1v) is 14.3. The van der Waals surface area contributed by atoms with Gasteiger partial charge in [-0.3, -0.25) is 14.4 Å². The van der Waals surface area contributed by atoms with Crippen LogP contribution in [0.2, 0.25) is 0 Å². The molecule has 228 valence electrons. The maximum atomic E-state index is 13.4. The SMILES string of the molecule is CCNC(=O)/C=C/C(Cc1ccccc1)NC(=O)C(CCCNCC(=O)OCc1ccccc1)NC(=O)OC(C)(C)C. The van der Waals surface area contributed by atoms with Crippen LogP contribution in [-0.2, 0) is 36.9 Å². The number of hydrogen-bond acceptors (Lipinski definition) is 7. The van der Waals surface area contributed by atoms with Gasteiger partial charge in [0.2, 0.25) is 11.8 Å². The number of likely N-dealkylation sites (N-methyl/N-ethyl adjacent to an activating group) is 1. The highest BCUT2D eigenvalue weighted by atomic mass is 16.6. The van der Waals surface area contributed by atoms with E-state index in [2.05, 4.69) is 21.3 Å². The summed E-state index contributed by atoms with van der Waals surface area (Å²) in [5.41, 5.74) is 1.14. The third-order valence-electron chi connectivity index (χ3n) is 5.82. The van der Waals surface area contributed by atoms with Gasteiger partial charge in [0.1, 0.15) is 18.2 Å². The molecule has 2 aromatic carbocycles. The van der Waals surface area contributed by atoms with Gasteiger partial charge in [-0.1, -0.05) is 66.7 Å². The van der Waals surface area contributed by atoms with E-state index in [-0.39, 0.29) is 31.4 Å². The largest absolute Gasteiger partial charge is 0.460 e. The van der Waals surface area contributed by atoms with Crippen molar-refractivity contribution in [2.24, 2.45) is 0 Å². The van der Waals surface area contributed by atoms with Crippen molar-refractivity contribution in [3.8, 4) is 0 Å². The Kier molecular flexibility index (Phi) is 14.8. The molecule has 2 unspecified atom stereocenters. The third-order valence-corrected chi connectivity index (χ3v) is 5.82. The Morgan fingerprint density at radius 3 is 2.17 bits per heavy atom. The molecule has 0 aromatic heterocycles. The highest BCUT2D eigenvalue weighted by Crippen LogP contribution is 2.09. The molecule has 0 bridgehead atoms. The van der Waals surface area contributed by atoms with Crippen LogP contribution in [0.1, 0.15) is 51.7 Å². The summed E-state index contributed by atoms with van der Waals surface area (Å²) in [6.45, 7) is 8.17. The molecule has 0 fully saturated rings. The number of esters is 1. The molecule has 42 heavy (non-hydrogen) atoms. The van der Waals surface area contributed by atoms with Crippen LogP contribution in [-0.4, -0.2) is 61.2 Å². The molecular formula is C32H44N4O6. The number of carbonyl (C=O) groups excluding carboxylic acids is 4. The van der Waals surface area contributed by atoms with Crippen LogP contribution >= 0.6 is 0 Å². The number of ether oxygens (including phenoxy) is 2. The minimum absolute atomic E-state index is 0.0208. The van der Waals surface area contributed by atoms with Crippen molar-refractivity contribution >= 4 is 23.9 Å². The predicted molar refractivity (Wildman–Crippen MR) is 161 cm³/mol. The van der Waals surface area contributed by atoms with Gasteiger partial charge in [0.15, 0.2) is 0 Å². The summed E-state index contributed by atoms with van der Waals surface area (Å²) in [7, 11) is 0. The highest BCUT2D eigenvalue weighted by molar-refractivity contribution is 5.88. The molecule has 0 radical (unpaired) electrons. The van der Waals surface area contributed by atoms with Crippen LogP contribution in [0.4, 0.5) is 4.79 Å². The first-order chi connectivity index (χ1) is 20.1. The quantitative estimate of drug-likeness (QED) is 0.136. The predicted octanol–water partition coefficient (Wildman–Crippen LogP) is 3.41. The Labute approximate surface area is 248 Å². The number of carbonyl (C=O) groups is 4. The highest BCUT2D eigenvalue weighted by Gasteiger charge is 2.25. The van der Waals surface area contributed by atoms with Gasteiger partial charge < -0.3 is 30.7 Å². The van der Waals surface area contributed by atoms with Gasteiger partial charge in [0, 0.05) is 12.6 Å². The lowest BCUT2D eigenvalue weighted by molar-refractivity contribution is -0.143. The van der Waals surface area contributed by atoms with Crippen LogP contribution in [0, 0.1) is 0 Å². The number of hydrogen-bond donors (Lipinski definition) is 4. The first kappa shape index (κ1) is 34.0. The van der Waals surface area contributed by atoms with Crippen LogP contribution < -0.4 is 21.3 Å². The van der Waals surface area contributed by atoms with Gasteiger partial charge in [0.25, 0.3) is 0 Å². The average molecular weight is 581 g/mol. The van der Waals surface area contributed by atoms with Crippen LogP contribution in [0.5, 0.6) is 0 Å². The molecule has 2 rings (SSSR count). The fourth-order valence-corrected chi connectivity index (χ4v) is 3.88. The summed E-state index contributed by atoms with van der Waals surface area (Å²) in [5.74, 6) is -1.06. The summed E-state index contributed by atoms with van der Waals surface area (Å²) in [6, 6.07) is 17.6. The zero-order valence-corrected chi connectivity index (χ0v) is 25.0. The van der Waals surface area contributed by atoms with Crippen molar-refractivity contribution < 1.29 is 28.7 Å². The molecule has 0 heterocycles. The van der Waals surface area contributed by atoms with E-state index in [1.807, 2.05) is 67.6 Å². The zero-order valence-electron chi connectivity index (χ0n) is 25.0. The molecule has 0 spiro atoms. The minimum atomic E-state index is -0.900. The smallest absolute Gasteiger partial charge is 0.408 e. The maximum Gasteiger partial charge on any atom is 0.408 e. The van der Waals surface area contributed by atoms with Crippen molar-refractivity contribution in [3.05, 3.63) is 83.9 Å². The number of rotatable bonds is 16. The van der Waals surface area contributed by atoms with Crippen molar-refractivity contribution in [1.82, 2.24) is 21.3 Å². The van der Waals surface area contributed by atoms with Crippen molar-refractivity contribution in [3.63, 3.8) is 0 Å². The van der Waals surface area contributed by atoms with E-state index in [9.17, 15) is 19.2 Å². The van der Waals surface area contributed by atoms with Gasteiger partial charge in [-0.2, -0.15) is 0 Å². The number of amides is 3. The second-order valence-electron chi connectivity index (χ2n) is 10.7. The molecular weight excluding hydrogens is 536 g/mol. The molecule has 0 saturated carbocycles. The molecule has 10 nitrogen and oxygen atoms in total. The Morgan fingerprint density at radius 2 is 1.55 bits per heavy atom. The molecule has 10 heteroatoms. The Balaban J connectivity index is 1.98. The second kappa shape index (κ2) is 18.3. The lowest BCUT2D eigenvalue weighted by atomic mass is 10.0. The van der Waals surface area contributed by atoms with E-state index >= 15 is 0 Å². The van der Waals surface area contributed by atoms with Crippen LogP contribution in [0.3, 0.4) is 0 Å². The third kappa shape index (κ3) is 15.0. The average Bonchev–Trinajstić information content (AvgIpc) is 2.94. The fraction of sp³-hybridized carbons (Fsp3) is 0.438. The number of benzene rings is 2. The number of nitrogens with one attached hydrogen (secondary N) is 4. The second-order valence-corrected chi connectivity index (χ2v) is 10.7. The molecule has 2 aromatic rings. The van der Waals surface area contributed by atoms with Gasteiger partial charge in [-0.05, 0) is 64.6 Å². The summed E-state index contributed by atoms with van der Waals surface area (Å²) in [6.07, 6.45) is 3.55. The van der Waals surface area contributed by atoms with Crippen LogP contribution in [0.15, 0.2) is 72.8 Å².